The highest BCUT2D eigenvalue weighted by atomic mass is 32.2. The number of benzene rings is 2. The number of hydrogen-bond donors (Lipinski definition) is 0. The maximum absolute atomic E-state index is 9.11. The first-order valence-electron chi connectivity index (χ1n) is 8.42. The van der Waals surface area contributed by atoms with E-state index in [-0.39, 0.29) is 0 Å². The summed E-state index contributed by atoms with van der Waals surface area (Å²) < 4.78 is 1.62. The maximum atomic E-state index is 9.11. The molecule has 2 aromatic carbocycles. The third-order valence-electron chi connectivity index (χ3n) is 4.18. The second-order valence-electron chi connectivity index (χ2n) is 5.99. The van der Waals surface area contributed by atoms with Crippen molar-refractivity contribution in [2.45, 2.75) is 10.1 Å². The molecule has 0 radical (unpaired) electrons. The maximum Gasteiger partial charge on any atom is 0.272 e. The summed E-state index contributed by atoms with van der Waals surface area (Å²) in [5.41, 5.74) is 2.98. The molecule has 132 valence electrons. The number of pyridine rings is 1. The van der Waals surface area contributed by atoms with Gasteiger partial charge in [-0.25, -0.2) is 4.98 Å². The van der Waals surface area contributed by atoms with Crippen molar-refractivity contribution in [3.8, 4) is 17.3 Å². The Morgan fingerprint density at radius 3 is 2.86 bits per heavy atom. The molecule has 5 aromatic rings. The van der Waals surface area contributed by atoms with Crippen LogP contribution in [0.5, 0.6) is 0 Å². The van der Waals surface area contributed by atoms with Gasteiger partial charge in [-0.15, -0.1) is 10.2 Å². The third-order valence-corrected chi connectivity index (χ3v) is 5.10. The molecule has 3 aromatic heterocycles. The van der Waals surface area contributed by atoms with Gasteiger partial charge in [0.05, 0.1) is 23.3 Å². The van der Waals surface area contributed by atoms with E-state index in [2.05, 4.69) is 37.4 Å². The van der Waals surface area contributed by atoms with Crippen molar-refractivity contribution < 1.29 is 0 Å². The average molecular weight is 381 g/mol. The number of hydrogen-bond acceptors (Lipinski definition) is 7. The third kappa shape index (κ3) is 2.94. The summed E-state index contributed by atoms with van der Waals surface area (Å²) >= 11 is 1.46. The quantitative estimate of drug-likeness (QED) is 0.470. The summed E-state index contributed by atoms with van der Waals surface area (Å²) in [6.45, 7) is 0. The van der Waals surface area contributed by atoms with Crippen molar-refractivity contribution in [1.82, 2.24) is 29.8 Å². The minimum Gasteiger partial charge on any atom is -0.256 e. The largest absolute Gasteiger partial charge is 0.272 e. The standard InChI is InChI=1S/C20H11N7S/c21-11-13-3-1-4-14(9-13)18-12-23-19-24-25-20(27(19)26-18)28-16-6-7-17-15(10-16)5-2-8-22-17/h1-10,12H. The van der Waals surface area contributed by atoms with E-state index in [9.17, 15) is 0 Å². The average Bonchev–Trinajstić information content (AvgIpc) is 3.15. The van der Waals surface area contributed by atoms with Crippen LogP contribution < -0.4 is 0 Å². The van der Waals surface area contributed by atoms with Crippen LogP contribution in [0.25, 0.3) is 27.9 Å². The summed E-state index contributed by atoms with van der Waals surface area (Å²) in [6, 6.07) is 19.4. The fraction of sp³-hybridized carbons (Fsp3) is 0. The van der Waals surface area contributed by atoms with Gasteiger partial charge in [-0.2, -0.15) is 14.9 Å². The SMILES string of the molecule is N#Cc1cccc(-c2cnc3nnc(Sc4ccc5ncccc5c4)n3n2)c1. The van der Waals surface area contributed by atoms with Gasteiger partial charge in [0.15, 0.2) is 0 Å². The van der Waals surface area contributed by atoms with Crippen LogP contribution in [0.2, 0.25) is 0 Å². The van der Waals surface area contributed by atoms with Crippen molar-refractivity contribution in [1.29, 1.82) is 5.26 Å². The topological polar surface area (TPSA) is 92.6 Å². The Bertz CT molecular complexity index is 1370. The lowest BCUT2D eigenvalue weighted by Gasteiger charge is -2.04. The van der Waals surface area contributed by atoms with Crippen molar-refractivity contribution >= 4 is 28.4 Å². The number of nitrogens with zero attached hydrogens (tertiary/aromatic N) is 7. The molecule has 0 fully saturated rings. The summed E-state index contributed by atoms with van der Waals surface area (Å²) in [6.07, 6.45) is 3.41. The molecule has 7 nitrogen and oxygen atoms in total. The first-order valence-corrected chi connectivity index (χ1v) is 9.23. The zero-order valence-electron chi connectivity index (χ0n) is 14.4. The van der Waals surface area contributed by atoms with Gasteiger partial charge in [0, 0.05) is 22.0 Å². The highest BCUT2D eigenvalue weighted by Crippen LogP contribution is 2.28. The first kappa shape index (κ1) is 16.4. The van der Waals surface area contributed by atoms with Crippen molar-refractivity contribution in [2.75, 3.05) is 0 Å². The lowest BCUT2D eigenvalue weighted by molar-refractivity contribution is 0.802. The van der Waals surface area contributed by atoms with Gasteiger partial charge in [-0.05, 0) is 48.2 Å². The van der Waals surface area contributed by atoms with Gasteiger partial charge < -0.3 is 0 Å². The van der Waals surface area contributed by atoms with Crippen LogP contribution in [0, 0.1) is 11.3 Å². The van der Waals surface area contributed by atoms with E-state index < -0.39 is 0 Å². The molecule has 0 aliphatic carbocycles. The van der Waals surface area contributed by atoms with E-state index in [1.54, 1.807) is 29.0 Å². The van der Waals surface area contributed by atoms with Crippen LogP contribution >= 0.6 is 11.8 Å². The predicted octanol–water partition coefficient (Wildman–Crippen LogP) is 3.76. The normalized spacial score (nSPS) is 11.0. The highest BCUT2D eigenvalue weighted by Gasteiger charge is 2.12. The Balaban J connectivity index is 1.55. The monoisotopic (exact) mass is 381 g/mol. The molecular formula is C20H11N7S. The Labute approximate surface area is 163 Å². The lowest BCUT2D eigenvalue weighted by atomic mass is 10.1. The van der Waals surface area contributed by atoms with E-state index in [4.69, 9.17) is 5.26 Å². The summed E-state index contributed by atoms with van der Waals surface area (Å²) in [4.78, 5) is 9.69. The Kier molecular flexibility index (Phi) is 3.92. The molecule has 0 saturated carbocycles. The van der Waals surface area contributed by atoms with E-state index in [1.807, 2.05) is 36.4 Å². The van der Waals surface area contributed by atoms with Crippen LogP contribution in [0.4, 0.5) is 0 Å². The van der Waals surface area contributed by atoms with E-state index in [1.165, 1.54) is 11.8 Å². The molecule has 0 bridgehead atoms. The summed E-state index contributed by atoms with van der Waals surface area (Å²) in [5.74, 6) is 0.421. The second-order valence-corrected chi connectivity index (χ2v) is 7.03. The molecule has 0 amide bonds. The molecule has 0 atom stereocenters. The smallest absolute Gasteiger partial charge is 0.256 e. The molecular weight excluding hydrogens is 370 g/mol. The lowest BCUT2D eigenvalue weighted by Crippen LogP contribution is -1.99. The highest BCUT2D eigenvalue weighted by molar-refractivity contribution is 7.99. The Morgan fingerprint density at radius 1 is 0.964 bits per heavy atom. The predicted molar refractivity (Wildman–Crippen MR) is 105 cm³/mol. The van der Waals surface area contributed by atoms with Gasteiger partial charge in [-0.1, -0.05) is 18.2 Å². The van der Waals surface area contributed by atoms with E-state index >= 15 is 0 Å². The van der Waals surface area contributed by atoms with Gasteiger partial charge in [0.1, 0.15) is 5.69 Å². The van der Waals surface area contributed by atoms with Crippen LogP contribution in [0.1, 0.15) is 5.56 Å². The molecule has 8 heteroatoms. The molecule has 5 rings (SSSR count). The number of rotatable bonds is 3. The van der Waals surface area contributed by atoms with Gasteiger partial charge >= 0.3 is 0 Å². The van der Waals surface area contributed by atoms with Crippen LogP contribution in [-0.2, 0) is 0 Å². The van der Waals surface area contributed by atoms with Crippen LogP contribution in [-0.4, -0.2) is 29.8 Å². The molecule has 28 heavy (non-hydrogen) atoms. The summed E-state index contributed by atoms with van der Waals surface area (Å²) in [7, 11) is 0. The second kappa shape index (κ2) is 6.72. The first-order chi connectivity index (χ1) is 13.8. The minimum atomic E-state index is 0.421. The van der Waals surface area contributed by atoms with Gasteiger partial charge in [0.2, 0.25) is 5.16 Å². The van der Waals surface area contributed by atoms with Gasteiger partial charge in [-0.3, -0.25) is 4.98 Å². The molecule has 3 heterocycles. The molecule has 0 aliphatic heterocycles. The number of aromatic nitrogens is 6. The van der Waals surface area contributed by atoms with Crippen LogP contribution in [0.3, 0.4) is 0 Å². The van der Waals surface area contributed by atoms with Crippen LogP contribution in [0.15, 0.2) is 77.0 Å². The van der Waals surface area contributed by atoms with E-state index in [0.29, 0.717) is 22.2 Å². The van der Waals surface area contributed by atoms with E-state index in [0.717, 1.165) is 21.4 Å². The van der Waals surface area contributed by atoms with Crippen molar-refractivity contribution in [2.24, 2.45) is 0 Å². The molecule has 0 aliphatic rings. The van der Waals surface area contributed by atoms with Gasteiger partial charge in [0.25, 0.3) is 5.78 Å². The molecule has 0 unspecified atom stereocenters. The molecule has 0 N–H and O–H groups in total. The minimum absolute atomic E-state index is 0.421. The number of fused-ring (bicyclic) bond motifs is 2. The Hall–Kier alpha value is -3.83. The fourth-order valence-electron chi connectivity index (χ4n) is 2.84. The zero-order chi connectivity index (χ0) is 18.9. The molecule has 0 spiro atoms. The van der Waals surface area contributed by atoms with Crippen molar-refractivity contribution in [3.63, 3.8) is 0 Å². The Morgan fingerprint density at radius 2 is 1.93 bits per heavy atom. The fourth-order valence-corrected chi connectivity index (χ4v) is 3.67. The summed E-state index contributed by atoms with van der Waals surface area (Å²) in [5, 5.41) is 23.7. The van der Waals surface area contributed by atoms with Crippen molar-refractivity contribution in [3.05, 3.63) is 72.6 Å². The number of nitriles is 1. The molecule has 0 saturated heterocycles. The zero-order valence-corrected chi connectivity index (χ0v) is 15.2.